The molecular weight excluding hydrogens is 337 g/mol. The summed E-state index contributed by atoms with van der Waals surface area (Å²) in [6, 6.07) is 21.4. The Labute approximate surface area is 158 Å². The fraction of sp³-hybridized carbons (Fsp3) is 0.167. The Morgan fingerprint density at radius 3 is 2.41 bits per heavy atom. The number of hydrogen-bond acceptors (Lipinski definition) is 2. The molecule has 3 heteroatoms. The molecule has 3 aromatic carbocycles. The second kappa shape index (κ2) is 7.37. The van der Waals surface area contributed by atoms with E-state index >= 15 is 0 Å². The van der Waals surface area contributed by atoms with Crippen LogP contribution in [0, 0.1) is 19.7 Å². The van der Waals surface area contributed by atoms with Crippen LogP contribution in [0.25, 0.3) is 22.1 Å². The molecule has 4 aromatic rings. The van der Waals surface area contributed by atoms with Crippen LogP contribution >= 0.6 is 0 Å². The van der Waals surface area contributed by atoms with Gasteiger partial charge in [0.05, 0.1) is 6.54 Å². The van der Waals surface area contributed by atoms with Crippen molar-refractivity contribution in [1.82, 2.24) is 5.32 Å². The van der Waals surface area contributed by atoms with Crippen molar-refractivity contribution in [1.29, 1.82) is 0 Å². The highest BCUT2D eigenvalue weighted by atomic mass is 19.1. The predicted molar refractivity (Wildman–Crippen MR) is 108 cm³/mol. The van der Waals surface area contributed by atoms with Crippen molar-refractivity contribution >= 4 is 11.0 Å². The summed E-state index contributed by atoms with van der Waals surface area (Å²) in [5.74, 6) is 0.685. The fourth-order valence-electron chi connectivity index (χ4n) is 3.39. The zero-order valence-corrected chi connectivity index (χ0v) is 15.6. The molecule has 0 unspecified atom stereocenters. The van der Waals surface area contributed by atoms with Gasteiger partial charge in [0.2, 0.25) is 0 Å². The quantitative estimate of drug-likeness (QED) is 0.462. The molecule has 0 saturated carbocycles. The molecule has 0 bridgehead atoms. The summed E-state index contributed by atoms with van der Waals surface area (Å²) >= 11 is 0. The van der Waals surface area contributed by atoms with Crippen LogP contribution in [0.4, 0.5) is 4.39 Å². The van der Waals surface area contributed by atoms with Crippen LogP contribution in [0.15, 0.2) is 71.1 Å². The highest BCUT2D eigenvalue weighted by Crippen LogP contribution is 2.35. The molecule has 27 heavy (non-hydrogen) atoms. The predicted octanol–water partition coefficient (Wildman–Crippen LogP) is 6.15. The maximum Gasteiger partial charge on any atom is 0.135 e. The first-order chi connectivity index (χ1) is 13.1. The van der Waals surface area contributed by atoms with Gasteiger partial charge in [-0.05, 0) is 49.2 Å². The van der Waals surface area contributed by atoms with Crippen LogP contribution in [0.1, 0.15) is 22.5 Å². The molecule has 1 N–H and O–H groups in total. The Morgan fingerprint density at radius 2 is 1.63 bits per heavy atom. The third-order valence-corrected chi connectivity index (χ3v) is 4.76. The average Bonchev–Trinajstić information content (AvgIpc) is 3.00. The van der Waals surface area contributed by atoms with Crippen molar-refractivity contribution < 1.29 is 8.81 Å². The molecule has 0 fully saturated rings. The first-order valence-electron chi connectivity index (χ1n) is 9.14. The number of benzene rings is 3. The van der Waals surface area contributed by atoms with Crippen molar-refractivity contribution in [2.75, 3.05) is 0 Å². The molecule has 136 valence electrons. The average molecular weight is 359 g/mol. The number of fused-ring (bicyclic) bond motifs is 1. The smallest absolute Gasteiger partial charge is 0.135 e. The Morgan fingerprint density at radius 1 is 0.852 bits per heavy atom. The van der Waals surface area contributed by atoms with Crippen LogP contribution in [-0.2, 0) is 13.1 Å². The minimum atomic E-state index is -0.214. The standard InChI is InChI=1S/C24H22FNO/c1-16-6-9-19(10-7-16)24-21-12-17(2)8-11-22(21)27-23(24)15-26-14-18-4-3-5-20(25)13-18/h3-13,26H,14-15H2,1-2H3. The molecule has 0 aliphatic heterocycles. The van der Waals surface area contributed by atoms with Gasteiger partial charge < -0.3 is 9.73 Å². The Kier molecular flexibility index (Phi) is 4.78. The first kappa shape index (κ1) is 17.5. The molecule has 1 heterocycles. The van der Waals surface area contributed by atoms with Crippen LogP contribution in [0.2, 0.25) is 0 Å². The molecule has 0 spiro atoms. The van der Waals surface area contributed by atoms with Gasteiger partial charge in [0.1, 0.15) is 17.2 Å². The minimum absolute atomic E-state index is 0.214. The summed E-state index contributed by atoms with van der Waals surface area (Å²) in [5.41, 5.74) is 6.51. The lowest BCUT2D eigenvalue weighted by atomic mass is 9.99. The molecule has 0 aliphatic carbocycles. The van der Waals surface area contributed by atoms with Gasteiger partial charge in [-0.25, -0.2) is 4.39 Å². The van der Waals surface area contributed by atoms with Gasteiger partial charge in [0.25, 0.3) is 0 Å². The van der Waals surface area contributed by atoms with Gasteiger partial charge >= 0.3 is 0 Å². The van der Waals surface area contributed by atoms with E-state index in [0.717, 1.165) is 33.4 Å². The van der Waals surface area contributed by atoms with E-state index < -0.39 is 0 Å². The second-order valence-corrected chi connectivity index (χ2v) is 7.00. The van der Waals surface area contributed by atoms with E-state index in [9.17, 15) is 4.39 Å². The summed E-state index contributed by atoms with van der Waals surface area (Å²) in [6.45, 7) is 5.34. The van der Waals surface area contributed by atoms with E-state index in [1.165, 1.54) is 17.2 Å². The number of nitrogens with one attached hydrogen (secondary N) is 1. The molecule has 0 amide bonds. The zero-order chi connectivity index (χ0) is 18.8. The van der Waals surface area contributed by atoms with Crippen molar-refractivity contribution in [3.8, 4) is 11.1 Å². The molecule has 1 aromatic heterocycles. The van der Waals surface area contributed by atoms with Crippen molar-refractivity contribution in [2.45, 2.75) is 26.9 Å². The summed E-state index contributed by atoms with van der Waals surface area (Å²) in [5, 5.41) is 4.51. The van der Waals surface area contributed by atoms with E-state index in [1.807, 2.05) is 12.1 Å². The minimum Gasteiger partial charge on any atom is -0.459 e. The molecule has 0 atom stereocenters. The van der Waals surface area contributed by atoms with E-state index in [0.29, 0.717) is 13.1 Å². The lowest BCUT2D eigenvalue weighted by Crippen LogP contribution is -2.12. The molecule has 4 rings (SSSR count). The maximum absolute atomic E-state index is 13.4. The fourth-order valence-corrected chi connectivity index (χ4v) is 3.39. The van der Waals surface area contributed by atoms with E-state index in [-0.39, 0.29) is 5.82 Å². The van der Waals surface area contributed by atoms with E-state index in [2.05, 4.69) is 55.6 Å². The Balaban J connectivity index is 1.67. The van der Waals surface area contributed by atoms with Crippen molar-refractivity contribution in [3.05, 3.63) is 95.0 Å². The van der Waals surface area contributed by atoms with Gasteiger partial charge in [-0.2, -0.15) is 0 Å². The van der Waals surface area contributed by atoms with Crippen LogP contribution in [0.3, 0.4) is 0 Å². The lowest BCUT2D eigenvalue weighted by molar-refractivity contribution is 0.514. The highest BCUT2D eigenvalue weighted by molar-refractivity contribution is 5.96. The first-order valence-corrected chi connectivity index (χ1v) is 9.14. The monoisotopic (exact) mass is 359 g/mol. The van der Waals surface area contributed by atoms with Gasteiger partial charge in [-0.3, -0.25) is 0 Å². The molecule has 0 saturated heterocycles. The Bertz CT molecular complexity index is 1080. The highest BCUT2D eigenvalue weighted by Gasteiger charge is 2.16. The molecule has 0 aliphatic rings. The molecule has 2 nitrogen and oxygen atoms in total. The van der Waals surface area contributed by atoms with Crippen LogP contribution in [-0.4, -0.2) is 0 Å². The largest absolute Gasteiger partial charge is 0.459 e. The number of furan rings is 1. The van der Waals surface area contributed by atoms with E-state index in [1.54, 1.807) is 12.1 Å². The van der Waals surface area contributed by atoms with Crippen molar-refractivity contribution in [3.63, 3.8) is 0 Å². The number of hydrogen-bond donors (Lipinski definition) is 1. The van der Waals surface area contributed by atoms with E-state index in [4.69, 9.17) is 4.42 Å². The van der Waals surface area contributed by atoms with Gasteiger partial charge in [0, 0.05) is 17.5 Å². The number of halogens is 1. The lowest BCUT2D eigenvalue weighted by Gasteiger charge is -2.07. The van der Waals surface area contributed by atoms with Gasteiger partial charge in [-0.1, -0.05) is 53.6 Å². The van der Waals surface area contributed by atoms with Crippen LogP contribution < -0.4 is 5.32 Å². The van der Waals surface area contributed by atoms with Gasteiger partial charge in [0.15, 0.2) is 0 Å². The number of aryl methyl sites for hydroxylation is 2. The SMILES string of the molecule is Cc1ccc(-c2c(CNCc3cccc(F)c3)oc3ccc(C)cc23)cc1. The summed E-state index contributed by atoms with van der Waals surface area (Å²) in [7, 11) is 0. The zero-order valence-electron chi connectivity index (χ0n) is 15.6. The van der Waals surface area contributed by atoms with Gasteiger partial charge in [-0.15, -0.1) is 0 Å². The maximum atomic E-state index is 13.4. The summed E-state index contributed by atoms with van der Waals surface area (Å²) in [4.78, 5) is 0. The van der Waals surface area contributed by atoms with Crippen LogP contribution in [0.5, 0.6) is 0 Å². The Hall–Kier alpha value is -2.91. The molecule has 0 radical (unpaired) electrons. The third kappa shape index (κ3) is 3.79. The van der Waals surface area contributed by atoms with Crippen molar-refractivity contribution in [2.24, 2.45) is 0 Å². The topological polar surface area (TPSA) is 25.2 Å². The molecular formula is C24H22FNO. The second-order valence-electron chi connectivity index (χ2n) is 7.00. The number of rotatable bonds is 5. The summed E-state index contributed by atoms with van der Waals surface area (Å²) < 4.78 is 19.5. The summed E-state index contributed by atoms with van der Waals surface area (Å²) in [6.07, 6.45) is 0. The third-order valence-electron chi connectivity index (χ3n) is 4.76. The normalized spacial score (nSPS) is 11.2.